The maximum Gasteiger partial charge on any atom is 0.263 e. The molecule has 0 saturated carbocycles. The first-order valence-electron chi connectivity index (χ1n) is 6.80. The number of likely N-dealkylation sites (N-methyl/N-ethyl adjacent to an activating group) is 1. The van der Waals surface area contributed by atoms with Crippen molar-refractivity contribution in [3.63, 3.8) is 0 Å². The molecule has 0 aliphatic heterocycles. The first kappa shape index (κ1) is 16.4. The summed E-state index contributed by atoms with van der Waals surface area (Å²) in [5, 5.41) is 0. The lowest BCUT2D eigenvalue weighted by atomic mass is 10.1. The largest absolute Gasteiger partial charge is 0.481 e. The molecule has 1 rings (SSSR count). The van der Waals surface area contributed by atoms with Crippen molar-refractivity contribution in [1.82, 2.24) is 4.90 Å². The first-order valence-corrected chi connectivity index (χ1v) is 7.21. The highest BCUT2D eigenvalue weighted by atomic mass is 32.1. The molecule has 20 heavy (non-hydrogen) atoms. The highest BCUT2D eigenvalue weighted by Gasteiger charge is 2.19. The van der Waals surface area contributed by atoms with Crippen LogP contribution in [0.5, 0.6) is 5.75 Å². The van der Waals surface area contributed by atoms with Gasteiger partial charge in [-0.05, 0) is 38.5 Å². The van der Waals surface area contributed by atoms with Gasteiger partial charge in [-0.25, -0.2) is 0 Å². The van der Waals surface area contributed by atoms with Crippen LogP contribution in [0.2, 0.25) is 0 Å². The van der Waals surface area contributed by atoms with Crippen LogP contribution in [0, 0.1) is 0 Å². The molecule has 110 valence electrons. The average Bonchev–Trinajstić information content (AvgIpc) is 2.41. The Labute approximate surface area is 125 Å². The molecule has 0 fully saturated rings. The van der Waals surface area contributed by atoms with Crippen molar-refractivity contribution >= 4 is 23.1 Å². The molecule has 0 aliphatic rings. The molecule has 0 saturated heterocycles. The van der Waals surface area contributed by atoms with Crippen LogP contribution >= 0.6 is 12.2 Å². The predicted octanol–water partition coefficient (Wildman–Crippen LogP) is 2.15. The summed E-state index contributed by atoms with van der Waals surface area (Å²) in [6, 6.07) is 7.48. The minimum atomic E-state index is -0.490. The van der Waals surface area contributed by atoms with Crippen LogP contribution in [0.15, 0.2) is 24.3 Å². The third-order valence-corrected chi connectivity index (χ3v) is 3.18. The molecule has 1 amide bonds. The molecular formula is C15H22N2O2S. The van der Waals surface area contributed by atoms with Crippen LogP contribution in [-0.4, -0.2) is 35.0 Å². The van der Waals surface area contributed by atoms with Gasteiger partial charge in [0.25, 0.3) is 5.91 Å². The normalized spacial score (nSPS) is 11.8. The fraction of sp³-hybridized carbons (Fsp3) is 0.467. The van der Waals surface area contributed by atoms with Gasteiger partial charge < -0.3 is 15.4 Å². The number of thiocarbonyl (C=S) groups is 1. The van der Waals surface area contributed by atoms with Crippen LogP contribution in [-0.2, 0) is 11.2 Å². The zero-order valence-corrected chi connectivity index (χ0v) is 13.1. The lowest BCUT2D eigenvalue weighted by molar-refractivity contribution is -0.137. The van der Waals surface area contributed by atoms with Gasteiger partial charge >= 0.3 is 0 Å². The second-order valence-electron chi connectivity index (χ2n) is 4.56. The van der Waals surface area contributed by atoms with Crippen molar-refractivity contribution < 1.29 is 9.53 Å². The first-order chi connectivity index (χ1) is 9.47. The van der Waals surface area contributed by atoms with E-state index in [9.17, 15) is 4.79 Å². The smallest absolute Gasteiger partial charge is 0.263 e. The number of amides is 1. The Hall–Kier alpha value is -1.62. The van der Waals surface area contributed by atoms with E-state index in [-0.39, 0.29) is 5.91 Å². The summed E-state index contributed by atoms with van der Waals surface area (Å²) in [6.45, 7) is 7.06. The van der Waals surface area contributed by atoms with Gasteiger partial charge in [-0.3, -0.25) is 4.79 Å². The molecule has 0 heterocycles. The molecule has 0 aromatic heterocycles. The lowest BCUT2D eigenvalue weighted by Gasteiger charge is -2.23. The van der Waals surface area contributed by atoms with E-state index in [1.165, 1.54) is 0 Å². The molecule has 4 nitrogen and oxygen atoms in total. The third kappa shape index (κ3) is 4.81. The van der Waals surface area contributed by atoms with E-state index in [1.54, 1.807) is 11.8 Å². The second-order valence-corrected chi connectivity index (χ2v) is 5.08. The zero-order chi connectivity index (χ0) is 15.1. The monoisotopic (exact) mass is 294 g/mol. The summed E-state index contributed by atoms with van der Waals surface area (Å²) < 4.78 is 5.67. The summed E-state index contributed by atoms with van der Waals surface area (Å²) in [7, 11) is 0. The van der Waals surface area contributed by atoms with Gasteiger partial charge in [-0.1, -0.05) is 24.4 Å². The fourth-order valence-corrected chi connectivity index (χ4v) is 2.10. The van der Waals surface area contributed by atoms with Crippen molar-refractivity contribution in [3.8, 4) is 5.75 Å². The Bertz CT molecular complexity index is 455. The van der Waals surface area contributed by atoms with E-state index in [2.05, 4.69) is 0 Å². The van der Waals surface area contributed by atoms with Crippen LogP contribution in [0.4, 0.5) is 0 Å². The van der Waals surface area contributed by atoms with Crippen LogP contribution in [0.25, 0.3) is 0 Å². The van der Waals surface area contributed by atoms with Crippen LogP contribution in [0.1, 0.15) is 26.3 Å². The van der Waals surface area contributed by atoms with Gasteiger partial charge in [0.2, 0.25) is 0 Å². The molecule has 0 spiro atoms. The Morgan fingerprint density at radius 3 is 2.30 bits per heavy atom. The van der Waals surface area contributed by atoms with Gasteiger partial charge in [0.1, 0.15) is 5.75 Å². The highest BCUT2D eigenvalue weighted by molar-refractivity contribution is 7.80. The minimum Gasteiger partial charge on any atom is -0.481 e. The number of benzene rings is 1. The fourth-order valence-electron chi connectivity index (χ4n) is 1.93. The predicted molar refractivity (Wildman–Crippen MR) is 84.9 cm³/mol. The number of carbonyl (C=O) groups is 1. The molecule has 0 bridgehead atoms. The van der Waals surface area contributed by atoms with Crippen molar-refractivity contribution in [2.45, 2.75) is 33.3 Å². The SMILES string of the molecule is CCN(CC)C(=O)C(C)Oc1ccc(CC(N)=S)cc1. The molecular weight excluding hydrogens is 272 g/mol. The molecule has 1 unspecified atom stereocenters. The standard InChI is InChI=1S/C15H22N2O2S/c1-4-17(5-2)15(18)11(3)19-13-8-6-12(7-9-13)10-14(16)20/h6-9,11H,4-5,10H2,1-3H3,(H2,16,20). The number of nitrogens with zero attached hydrogens (tertiary/aromatic N) is 1. The van der Waals surface area contributed by atoms with E-state index >= 15 is 0 Å². The summed E-state index contributed by atoms with van der Waals surface area (Å²) in [6.07, 6.45) is 0.0835. The van der Waals surface area contributed by atoms with Gasteiger partial charge in [-0.2, -0.15) is 0 Å². The highest BCUT2D eigenvalue weighted by Crippen LogP contribution is 2.15. The molecule has 1 aromatic carbocycles. The number of ether oxygens (including phenoxy) is 1. The number of nitrogens with two attached hydrogens (primary N) is 1. The van der Waals surface area contributed by atoms with Crippen molar-refractivity contribution in [2.24, 2.45) is 5.73 Å². The number of carbonyl (C=O) groups excluding carboxylic acids is 1. The van der Waals surface area contributed by atoms with E-state index in [0.29, 0.717) is 30.2 Å². The molecule has 0 radical (unpaired) electrons. The van der Waals surface area contributed by atoms with Crippen LogP contribution in [0.3, 0.4) is 0 Å². The van der Waals surface area contributed by atoms with E-state index in [1.807, 2.05) is 38.1 Å². The molecule has 1 aromatic rings. The summed E-state index contributed by atoms with van der Waals surface area (Å²) in [4.78, 5) is 14.3. The maximum absolute atomic E-state index is 12.1. The Morgan fingerprint density at radius 1 is 1.30 bits per heavy atom. The summed E-state index contributed by atoms with van der Waals surface area (Å²) in [5.74, 6) is 0.673. The number of rotatable bonds is 7. The Kier molecular flexibility index (Phi) is 6.45. The molecule has 1 atom stereocenters. The van der Waals surface area contributed by atoms with Crippen molar-refractivity contribution in [1.29, 1.82) is 0 Å². The quantitative estimate of drug-likeness (QED) is 0.783. The number of hydrogen-bond donors (Lipinski definition) is 1. The van der Waals surface area contributed by atoms with Crippen LogP contribution < -0.4 is 10.5 Å². The Balaban J connectivity index is 2.64. The lowest BCUT2D eigenvalue weighted by Crippen LogP contribution is -2.40. The van der Waals surface area contributed by atoms with E-state index < -0.39 is 6.10 Å². The number of hydrogen-bond acceptors (Lipinski definition) is 3. The van der Waals surface area contributed by atoms with Gasteiger partial charge in [0, 0.05) is 19.5 Å². The van der Waals surface area contributed by atoms with Gasteiger partial charge in [0.15, 0.2) is 6.10 Å². The van der Waals surface area contributed by atoms with E-state index in [4.69, 9.17) is 22.7 Å². The van der Waals surface area contributed by atoms with Crippen molar-refractivity contribution in [3.05, 3.63) is 29.8 Å². The molecule has 0 aliphatic carbocycles. The average molecular weight is 294 g/mol. The van der Waals surface area contributed by atoms with Crippen molar-refractivity contribution in [2.75, 3.05) is 13.1 Å². The zero-order valence-electron chi connectivity index (χ0n) is 12.3. The maximum atomic E-state index is 12.1. The summed E-state index contributed by atoms with van der Waals surface area (Å²) >= 11 is 4.87. The minimum absolute atomic E-state index is 0.00205. The van der Waals surface area contributed by atoms with Gasteiger partial charge in [0.05, 0.1) is 4.99 Å². The molecule has 2 N–H and O–H groups in total. The molecule has 5 heteroatoms. The topological polar surface area (TPSA) is 55.6 Å². The second kappa shape index (κ2) is 7.85. The van der Waals surface area contributed by atoms with E-state index in [0.717, 1.165) is 5.56 Å². The summed E-state index contributed by atoms with van der Waals surface area (Å²) in [5.41, 5.74) is 6.53. The van der Waals surface area contributed by atoms with Gasteiger partial charge in [-0.15, -0.1) is 0 Å². The Morgan fingerprint density at radius 2 is 1.85 bits per heavy atom. The third-order valence-electron chi connectivity index (χ3n) is 3.04.